The van der Waals surface area contributed by atoms with Gasteiger partial charge in [0.2, 0.25) is 0 Å². The van der Waals surface area contributed by atoms with Crippen LogP contribution < -0.4 is 0 Å². The minimum atomic E-state index is -0.760. The summed E-state index contributed by atoms with van der Waals surface area (Å²) in [6, 6.07) is 3.71. The summed E-state index contributed by atoms with van der Waals surface area (Å²) >= 11 is 0. The van der Waals surface area contributed by atoms with Gasteiger partial charge in [-0.05, 0) is 51.0 Å². The standard InChI is InChI=1S/C13H19N3O2/c1-16-7-4-10(5-8-16)11(9-13(17)18)12-3-2-6-14-15-12/h2-3,6,10-11H,4-5,7-9H2,1H3,(H,17,18). The van der Waals surface area contributed by atoms with Crippen LogP contribution in [0.1, 0.15) is 30.9 Å². The van der Waals surface area contributed by atoms with E-state index in [1.807, 2.05) is 12.1 Å². The Hall–Kier alpha value is -1.49. The Labute approximate surface area is 107 Å². The second kappa shape index (κ2) is 5.91. The minimum Gasteiger partial charge on any atom is -0.481 e. The molecule has 0 saturated carbocycles. The monoisotopic (exact) mass is 249 g/mol. The summed E-state index contributed by atoms with van der Waals surface area (Å²) < 4.78 is 0. The molecule has 0 bridgehead atoms. The molecule has 1 atom stereocenters. The molecule has 0 radical (unpaired) electrons. The molecule has 1 aromatic heterocycles. The molecule has 5 heteroatoms. The van der Waals surface area contributed by atoms with Gasteiger partial charge in [0.05, 0.1) is 12.1 Å². The molecule has 1 aromatic rings. The van der Waals surface area contributed by atoms with E-state index < -0.39 is 5.97 Å². The number of aliphatic carboxylic acids is 1. The summed E-state index contributed by atoms with van der Waals surface area (Å²) in [5.41, 5.74) is 0.814. The second-order valence-corrected chi connectivity index (χ2v) is 4.99. The van der Waals surface area contributed by atoms with Gasteiger partial charge in [0.25, 0.3) is 0 Å². The molecular weight excluding hydrogens is 230 g/mol. The fraction of sp³-hybridized carbons (Fsp3) is 0.615. The molecule has 2 rings (SSSR count). The van der Waals surface area contributed by atoms with Crippen molar-refractivity contribution in [3.05, 3.63) is 24.0 Å². The van der Waals surface area contributed by atoms with Gasteiger partial charge in [0.1, 0.15) is 0 Å². The van der Waals surface area contributed by atoms with Crippen molar-refractivity contribution in [2.24, 2.45) is 5.92 Å². The Bertz CT molecular complexity index is 388. The molecule has 18 heavy (non-hydrogen) atoms. The van der Waals surface area contributed by atoms with E-state index in [1.54, 1.807) is 6.20 Å². The molecule has 0 aromatic carbocycles. The van der Waals surface area contributed by atoms with Crippen LogP contribution in [0.4, 0.5) is 0 Å². The lowest BCUT2D eigenvalue weighted by Gasteiger charge is -2.33. The summed E-state index contributed by atoms with van der Waals surface area (Å²) in [5.74, 6) is -0.372. The van der Waals surface area contributed by atoms with E-state index in [4.69, 9.17) is 5.11 Å². The predicted molar refractivity (Wildman–Crippen MR) is 67.2 cm³/mol. The van der Waals surface area contributed by atoms with Gasteiger partial charge in [-0.2, -0.15) is 10.2 Å². The summed E-state index contributed by atoms with van der Waals surface area (Å²) in [5, 5.41) is 17.0. The molecular formula is C13H19N3O2. The molecule has 1 unspecified atom stereocenters. The zero-order valence-corrected chi connectivity index (χ0v) is 10.6. The number of aromatic nitrogens is 2. The fourth-order valence-corrected chi connectivity index (χ4v) is 2.64. The van der Waals surface area contributed by atoms with Gasteiger partial charge in [0, 0.05) is 12.1 Å². The van der Waals surface area contributed by atoms with E-state index in [-0.39, 0.29) is 12.3 Å². The first-order valence-corrected chi connectivity index (χ1v) is 6.34. The Morgan fingerprint density at radius 1 is 1.56 bits per heavy atom. The highest BCUT2D eigenvalue weighted by Gasteiger charge is 2.29. The average molecular weight is 249 g/mol. The number of likely N-dealkylation sites (tertiary alicyclic amines) is 1. The number of hydrogen-bond acceptors (Lipinski definition) is 4. The molecule has 0 spiro atoms. The Morgan fingerprint density at radius 3 is 2.83 bits per heavy atom. The third-order valence-electron chi connectivity index (χ3n) is 3.70. The van der Waals surface area contributed by atoms with Gasteiger partial charge in [0.15, 0.2) is 0 Å². The van der Waals surface area contributed by atoms with Gasteiger partial charge < -0.3 is 10.0 Å². The van der Waals surface area contributed by atoms with E-state index >= 15 is 0 Å². The lowest BCUT2D eigenvalue weighted by molar-refractivity contribution is -0.137. The number of rotatable bonds is 4. The SMILES string of the molecule is CN1CCC(C(CC(=O)O)c2cccnn2)CC1. The van der Waals surface area contributed by atoms with Crippen molar-refractivity contribution in [2.75, 3.05) is 20.1 Å². The average Bonchev–Trinajstić information content (AvgIpc) is 2.38. The lowest BCUT2D eigenvalue weighted by atomic mass is 9.80. The van der Waals surface area contributed by atoms with Crippen molar-refractivity contribution in [2.45, 2.75) is 25.2 Å². The van der Waals surface area contributed by atoms with E-state index in [9.17, 15) is 4.79 Å². The Morgan fingerprint density at radius 2 is 2.28 bits per heavy atom. The summed E-state index contributed by atoms with van der Waals surface area (Å²) in [4.78, 5) is 13.3. The van der Waals surface area contributed by atoms with Crippen molar-refractivity contribution < 1.29 is 9.90 Å². The number of nitrogens with zero attached hydrogens (tertiary/aromatic N) is 3. The van der Waals surface area contributed by atoms with Crippen LogP contribution in [-0.2, 0) is 4.79 Å². The largest absolute Gasteiger partial charge is 0.481 e. The van der Waals surface area contributed by atoms with E-state index in [0.29, 0.717) is 5.92 Å². The molecule has 0 amide bonds. The third kappa shape index (κ3) is 3.26. The maximum Gasteiger partial charge on any atom is 0.304 e. The first kappa shape index (κ1) is 13.0. The number of piperidine rings is 1. The van der Waals surface area contributed by atoms with E-state index in [2.05, 4.69) is 22.1 Å². The molecule has 1 N–H and O–H groups in total. The topological polar surface area (TPSA) is 66.3 Å². The van der Waals surface area contributed by atoms with Gasteiger partial charge >= 0.3 is 5.97 Å². The Kier molecular flexibility index (Phi) is 4.25. The van der Waals surface area contributed by atoms with Gasteiger partial charge in [-0.15, -0.1) is 0 Å². The number of carboxylic acids is 1. The van der Waals surface area contributed by atoms with E-state index in [0.717, 1.165) is 31.6 Å². The van der Waals surface area contributed by atoms with Crippen LogP contribution in [0.5, 0.6) is 0 Å². The first-order chi connectivity index (χ1) is 8.66. The zero-order valence-electron chi connectivity index (χ0n) is 10.6. The molecule has 1 saturated heterocycles. The summed E-state index contributed by atoms with van der Waals surface area (Å²) in [7, 11) is 2.10. The molecule has 2 heterocycles. The predicted octanol–water partition coefficient (Wildman–Crippen LogP) is 1.38. The maximum absolute atomic E-state index is 11.0. The first-order valence-electron chi connectivity index (χ1n) is 6.34. The molecule has 1 aliphatic rings. The molecule has 1 fully saturated rings. The molecule has 0 aliphatic carbocycles. The summed E-state index contributed by atoms with van der Waals surface area (Å²) in [6.07, 6.45) is 3.83. The number of carbonyl (C=O) groups is 1. The number of carboxylic acid groups (broad SMARTS) is 1. The van der Waals surface area contributed by atoms with Crippen molar-refractivity contribution in [3.63, 3.8) is 0 Å². The van der Waals surface area contributed by atoms with Crippen molar-refractivity contribution >= 4 is 5.97 Å². The van der Waals surface area contributed by atoms with Crippen LogP contribution in [-0.4, -0.2) is 46.3 Å². The lowest BCUT2D eigenvalue weighted by Crippen LogP contribution is -2.33. The van der Waals surface area contributed by atoms with Crippen LogP contribution in [0.3, 0.4) is 0 Å². The highest BCUT2D eigenvalue weighted by Crippen LogP contribution is 2.33. The van der Waals surface area contributed by atoms with Crippen LogP contribution in [0, 0.1) is 5.92 Å². The second-order valence-electron chi connectivity index (χ2n) is 4.99. The quantitative estimate of drug-likeness (QED) is 0.873. The molecule has 98 valence electrons. The zero-order chi connectivity index (χ0) is 13.0. The highest BCUT2D eigenvalue weighted by molar-refractivity contribution is 5.68. The fourth-order valence-electron chi connectivity index (χ4n) is 2.64. The Balaban J connectivity index is 2.12. The van der Waals surface area contributed by atoms with Gasteiger partial charge in [-0.1, -0.05) is 0 Å². The van der Waals surface area contributed by atoms with Crippen LogP contribution in [0.2, 0.25) is 0 Å². The van der Waals surface area contributed by atoms with Gasteiger partial charge in [-0.25, -0.2) is 0 Å². The molecule has 5 nitrogen and oxygen atoms in total. The van der Waals surface area contributed by atoms with Crippen molar-refractivity contribution in [1.29, 1.82) is 0 Å². The smallest absolute Gasteiger partial charge is 0.304 e. The maximum atomic E-state index is 11.0. The van der Waals surface area contributed by atoms with Crippen molar-refractivity contribution in [3.8, 4) is 0 Å². The summed E-state index contributed by atoms with van der Waals surface area (Å²) in [6.45, 7) is 2.06. The highest BCUT2D eigenvalue weighted by atomic mass is 16.4. The van der Waals surface area contributed by atoms with E-state index in [1.165, 1.54) is 0 Å². The normalized spacial score (nSPS) is 19.6. The van der Waals surface area contributed by atoms with Crippen LogP contribution in [0.25, 0.3) is 0 Å². The van der Waals surface area contributed by atoms with Crippen LogP contribution >= 0.6 is 0 Å². The van der Waals surface area contributed by atoms with Crippen molar-refractivity contribution in [1.82, 2.24) is 15.1 Å². The van der Waals surface area contributed by atoms with Gasteiger partial charge in [-0.3, -0.25) is 4.79 Å². The number of hydrogen-bond donors (Lipinski definition) is 1. The third-order valence-corrected chi connectivity index (χ3v) is 3.70. The molecule has 1 aliphatic heterocycles. The van der Waals surface area contributed by atoms with Crippen LogP contribution in [0.15, 0.2) is 18.3 Å². The minimum absolute atomic E-state index is 0.00935.